The molecule has 0 spiro atoms. The summed E-state index contributed by atoms with van der Waals surface area (Å²) in [6.45, 7) is 17.5. The molecule has 3 saturated heterocycles. The van der Waals surface area contributed by atoms with Gasteiger partial charge in [0.25, 0.3) is 0 Å². The van der Waals surface area contributed by atoms with E-state index in [4.69, 9.17) is 9.16 Å². The Morgan fingerprint density at radius 2 is 1.63 bits per heavy atom. The summed E-state index contributed by atoms with van der Waals surface area (Å²) in [6, 6.07) is 0.983. The van der Waals surface area contributed by atoms with Gasteiger partial charge in [-0.15, -0.1) is 0 Å². The van der Waals surface area contributed by atoms with Gasteiger partial charge in [-0.3, -0.25) is 33.7 Å². The Kier molecular flexibility index (Phi) is 16.7. The highest BCUT2D eigenvalue weighted by molar-refractivity contribution is 6.74. The maximum absolute atomic E-state index is 14.7. The number of nitrogens with zero attached hydrogens (tertiary/aromatic N) is 3. The fraction of sp³-hybridized carbons (Fsp3) is 0.659. The Morgan fingerprint density at radius 1 is 0.935 bits per heavy atom. The molecule has 342 valence electrons. The van der Waals surface area contributed by atoms with E-state index in [2.05, 4.69) is 77.3 Å². The number of aromatic amines is 1. The first-order chi connectivity index (χ1) is 29.4. The quantitative estimate of drug-likeness (QED) is 0.0873. The lowest BCUT2D eigenvalue weighted by atomic mass is 10.0. The average Bonchev–Trinajstić information content (AvgIpc) is 3.50. The number of rotatable bonds is 15. The number of H-pyrrole nitrogens is 1. The van der Waals surface area contributed by atoms with E-state index < -0.39 is 86.7 Å². The molecule has 0 aliphatic carbocycles. The van der Waals surface area contributed by atoms with Gasteiger partial charge in [0.2, 0.25) is 35.4 Å². The lowest BCUT2D eigenvalue weighted by molar-refractivity contribution is -0.136. The zero-order chi connectivity index (χ0) is 45.2. The fourth-order valence-electron chi connectivity index (χ4n) is 7.79. The van der Waals surface area contributed by atoms with Gasteiger partial charge in [-0.05, 0) is 75.0 Å². The minimum absolute atomic E-state index is 0.0124. The van der Waals surface area contributed by atoms with Crippen molar-refractivity contribution in [2.45, 2.75) is 153 Å². The van der Waals surface area contributed by atoms with Crippen molar-refractivity contribution >= 4 is 43.8 Å². The molecule has 0 saturated carbocycles. The normalized spacial score (nSPS) is 25.6. The van der Waals surface area contributed by atoms with Gasteiger partial charge in [0, 0.05) is 31.3 Å². The average molecular weight is 880 g/mol. The van der Waals surface area contributed by atoms with Crippen LogP contribution in [0.3, 0.4) is 0 Å². The van der Waals surface area contributed by atoms with Gasteiger partial charge < -0.3 is 45.6 Å². The van der Waals surface area contributed by atoms with E-state index in [9.17, 15) is 28.8 Å². The first-order valence-electron chi connectivity index (χ1n) is 22.3. The van der Waals surface area contributed by atoms with Crippen molar-refractivity contribution in [3.63, 3.8) is 0 Å². The number of ether oxygens (including phenoxy) is 1. The Balaban J connectivity index is 1.51. The van der Waals surface area contributed by atoms with Crippen molar-refractivity contribution in [3.05, 3.63) is 48.0 Å². The number of fused-ring (bicyclic) bond motifs is 2. The summed E-state index contributed by atoms with van der Waals surface area (Å²) in [7, 11) is -2.33. The third-order valence-electron chi connectivity index (χ3n) is 12.6. The van der Waals surface area contributed by atoms with E-state index in [1.54, 1.807) is 24.0 Å². The van der Waals surface area contributed by atoms with Crippen LogP contribution in [-0.4, -0.2) is 139 Å². The number of nitrogens with one attached hydrogen (secondary N) is 6. The molecule has 3 aliphatic rings. The topological polar surface area (TPSA) is 216 Å². The van der Waals surface area contributed by atoms with Gasteiger partial charge in [0.1, 0.15) is 29.9 Å². The zero-order valence-corrected chi connectivity index (χ0v) is 38.8. The molecule has 1 aromatic heterocycles. The van der Waals surface area contributed by atoms with Crippen LogP contribution in [0.15, 0.2) is 36.8 Å². The van der Waals surface area contributed by atoms with Crippen LogP contribution in [-0.2, 0) is 46.0 Å². The Labute approximate surface area is 367 Å². The van der Waals surface area contributed by atoms with Crippen LogP contribution < -0.4 is 31.3 Å². The van der Waals surface area contributed by atoms with Crippen LogP contribution in [0, 0.1) is 0 Å². The Hall–Kier alpha value is -4.81. The standard InChI is InChI=1S/C44H69N9O8Si/c1-9-11-19-46-42(58)38-37-35(26-61-62(7,8)44(4,5)6)53(37)43(59)28(3)49-39(55)32(22-29-15-17-31(18-16-29)60-21-12-10-2)51-40(56)33(23-30-24-45-27-48-30)50-36(54)25-47-41(57)34-14-13-20-52(34)38/h15-18,24,27-28,32-35,37-38H,9-14,19-23,25-26H2,1-8H3,(H,45,48)(H,46,58)(H,47,57)(H,49,55)(H,50,54)(H,51,56)/t28-,32-,33-,34-,35+,37-,38+,53?/m0/s1. The maximum Gasteiger partial charge on any atom is 0.245 e. The minimum Gasteiger partial charge on any atom is -0.494 e. The second kappa shape index (κ2) is 21.5. The van der Waals surface area contributed by atoms with E-state index in [-0.39, 0.29) is 30.4 Å². The predicted molar refractivity (Wildman–Crippen MR) is 236 cm³/mol. The molecular weight excluding hydrogens is 811 g/mol. The van der Waals surface area contributed by atoms with Gasteiger partial charge in [-0.25, -0.2) is 4.98 Å². The molecular formula is C44H69N9O8Si. The molecule has 18 heteroatoms. The minimum atomic E-state index is -2.33. The Bertz CT molecular complexity index is 1850. The monoisotopic (exact) mass is 880 g/mol. The number of carbonyl (C=O) groups is 6. The number of hydrogen-bond acceptors (Lipinski definition) is 10. The number of imidazole rings is 1. The summed E-state index contributed by atoms with van der Waals surface area (Å²) in [4.78, 5) is 95.5. The second-order valence-electron chi connectivity index (χ2n) is 18.3. The molecule has 62 heavy (non-hydrogen) atoms. The van der Waals surface area contributed by atoms with Crippen molar-refractivity contribution in [2.24, 2.45) is 0 Å². The smallest absolute Gasteiger partial charge is 0.245 e. The molecule has 4 heterocycles. The highest BCUT2D eigenvalue weighted by Crippen LogP contribution is 2.41. The van der Waals surface area contributed by atoms with E-state index >= 15 is 0 Å². The number of amides is 6. The lowest BCUT2D eigenvalue weighted by Crippen LogP contribution is -2.59. The molecule has 0 bridgehead atoms. The van der Waals surface area contributed by atoms with Crippen LogP contribution in [0.5, 0.6) is 5.75 Å². The summed E-state index contributed by atoms with van der Waals surface area (Å²) in [5.74, 6) is -2.35. The Morgan fingerprint density at radius 3 is 2.29 bits per heavy atom. The number of aromatic nitrogens is 2. The molecule has 5 rings (SSSR count). The molecule has 17 nitrogen and oxygen atoms in total. The predicted octanol–water partition coefficient (Wildman–Crippen LogP) is 2.33. The molecule has 7 atom stereocenters. The molecule has 0 radical (unpaired) electrons. The van der Waals surface area contributed by atoms with Gasteiger partial charge in [0.15, 0.2) is 8.32 Å². The third kappa shape index (κ3) is 12.4. The highest BCUT2D eigenvalue weighted by atomic mass is 28.4. The van der Waals surface area contributed by atoms with Crippen molar-refractivity contribution in [1.29, 1.82) is 0 Å². The number of unbranched alkanes of at least 4 members (excludes halogenated alkanes) is 2. The summed E-state index contributed by atoms with van der Waals surface area (Å²) in [5.41, 5.74) is 1.28. The largest absolute Gasteiger partial charge is 0.494 e. The summed E-state index contributed by atoms with van der Waals surface area (Å²) in [5, 5.41) is 14.1. The fourth-order valence-corrected chi connectivity index (χ4v) is 8.81. The van der Waals surface area contributed by atoms with E-state index in [1.807, 2.05) is 24.0 Å². The maximum atomic E-state index is 14.7. The molecule has 2 aromatic rings. The lowest BCUT2D eigenvalue weighted by Gasteiger charge is -2.36. The number of carbonyl (C=O) groups excluding carboxylic acids is 6. The first-order valence-corrected chi connectivity index (χ1v) is 25.2. The van der Waals surface area contributed by atoms with Crippen LogP contribution >= 0.6 is 0 Å². The molecule has 6 amide bonds. The van der Waals surface area contributed by atoms with E-state index in [0.29, 0.717) is 44.0 Å². The van der Waals surface area contributed by atoms with Gasteiger partial charge >= 0.3 is 0 Å². The molecule has 0 unspecified atom stereocenters. The highest BCUT2D eigenvalue weighted by Gasteiger charge is 2.61. The van der Waals surface area contributed by atoms with Crippen LogP contribution in [0.4, 0.5) is 0 Å². The van der Waals surface area contributed by atoms with Crippen molar-refractivity contribution in [2.75, 3.05) is 32.8 Å². The van der Waals surface area contributed by atoms with Gasteiger partial charge in [-0.2, -0.15) is 0 Å². The van der Waals surface area contributed by atoms with Crippen molar-refractivity contribution < 1.29 is 37.9 Å². The molecule has 6 N–H and O–H groups in total. The van der Waals surface area contributed by atoms with Gasteiger partial charge in [-0.1, -0.05) is 59.6 Å². The summed E-state index contributed by atoms with van der Waals surface area (Å²) < 4.78 is 12.5. The van der Waals surface area contributed by atoms with Crippen LogP contribution in [0.2, 0.25) is 18.1 Å². The van der Waals surface area contributed by atoms with Crippen molar-refractivity contribution in [3.8, 4) is 5.75 Å². The first kappa shape index (κ1) is 48.2. The molecule has 3 fully saturated rings. The van der Waals surface area contributed by atoms with Gasteiger partial charge in [0.05, 0.1) is 44.2 Å². The second-order valence-corrected chi connectivity index (χ2v) is 23.1. The SMILES string of the molecule is CCCCNC(=O)[C@H]1[C@@H]2[C@@H](CO[Si](C)(C)C(C)(C)C)N2C(=O)[C@H](C)NC(=O)[C@H](Cc2ccc(OCCCC)cc2)NC(=O)[C@H](Cc2cnc[nH]2)NC(=O)CNC(=O)[C@@H]2CCCN21. The van der Waals surface area contributed by atoms with E-state index in [1.165, 1.54) is 12.5 Å². The summed E-state index contributed by atoms with van der Waals surface area (Å²) in [6.07, 6.45) is 7.61. The zero-order valence-electron chi connectivity index (χ0n) is 37.8. The number of hydrogen-bond donors (Lipinski definition) is 6. The third-order valence-corrected chi connectivity index (χ3v) is 17.1. The van der Waals surface area contributed by atoms with Crippen molar-refractivity contribution in [1.82, 2.24) is 46.4 Å². The van der Waals surface area contributed by atoms with E-state index in [0.717, 1.165) is 31.2 Å². The van der Waals surface area contributed by atoms with Crippen LogP contribution in [0.1, 0.15) is 91.3 Å². The summed E-state index contributed by atoms with van der Waals surface area (Å²) >= 11 is 0. The molecule has 3 aliphatic heterocycles. The van der Waals surface area contributed by atoms with Crippen LogP contribution in [0.25, 0.3) is 0 Å². The molecule has 1 aromatic carbocycles. The number of benzene rings is 1.